The van der Waals surface area contributed by atoms with Crippen molar-refractivity contribution in [3.8, 4) is 23.3 Å². The number of nitrogens with one attached hydrogen (secondary N) is 3. The van der Waals surface area contributed by atoms with E-state index in [2.05, 4.69) is 53.5 Å². The third-order valence-corrected chi connectivity index (χ3v) is 14.3. The second-order valence-corrected chi connectivity index (χ2v) is 20.7. The number of aromatic nitrogens is 1. The number of nitriles is 2. The van der Waals surface area contributed by atoms with Crippen LogP contribution in [0.3, 0.4) is 0 Å². The first-order valence-electron chi connectivity index (χ1n) is 19.9. The standard InChI is InChI=1S/C44H32Cl2N10O10S4/c1-3-5-38(57)49-26-12-8-24(9-13-26)39-33(22-48)43(67-44(39)56-53-29-18-31-30(36(20-29)69(61,62)63)6-4-7-35(31)68(58,59)60)55-54-40-23(2)32(21-47)41(52-42(40)50-27-14-10-25(45)11-15-27)51-28-16-17-34(46)37(19-28)70(64,65)66/h4,6-20H,3,5H2,1-2H3,(H,49,57)(H2,50,51,52)(H,58,59,60)(H,61,62,63)(H,64,65,66). The van der Waals surface area contributed by atoms with Gasteiger partial charge in [-0.25, -0.2) is 4.98 Å². The lowest BCUT2D eigenvalue weighted by molar-refractivity contribution is -0.116. The number of anilines is 5. The number of carbonyl (C=O) groups excluding carboxylic acids is 1. The molecule has 0 bridgehead atoms. The highest BCUT2D eigenvalue weighted by Gasteiger charge is 2.25. The monoisotopic (exact) mass is 1060 g/mol. The van der Waals surface area contributed by atoms with E-state index in [4.69, 9.17) is 23.2 Å². The van der Waals surface area contributed by atoms with Crippen LogP contribution in [-0.4, -0.2) is 49.8 Å². The fourth-order valence-corrected chi connectivity index (χ4v) is 10.3. The Morgan fingerprint density at radius 3 is 1.93 bits per heavy atom. The van der Waals surface area contributed by atoms with Gasteiger partial charge in [0.1, 0.15) is 43.1 Å². The molecule has 7 aromatic rings. The first-order chi connectivity index (χ1) is 33.1. The highest BCUT2D eigenvalue weighted by molar-refractivity contribution is 7.86. The van der Waals surface area contributed by atoms with Crippen LogP contribution in [0.15, 0.2) is 132 Å². The number of fused-ring (bicyclic) bond motifs is 1. The van der Waals surface area contributed by atoms with Gasteiger partial charge in [0.25, 0.3) is 30.4 Å². The first-order valence-corrected chi connectivity index (χ1v) is 25.8. The molecule has 0 unspecified atom stereocenters. The topological polar surface area (TPSA) is 326 Å². The van der Waals surface area contributed by atoms with E-state index in [0.717, 1.165) is 35.6 Å². The summed E-state index contributed by atoms with van der Waals surface area (Å²) < 4.78 is 104. The van der Waals surface area contributed by atoms with Crippen molar-refractivity contribution in [2.45, 2.75) is 41.4 Å². The summed E-state index contributed by atoms with van der Waals surface area (Å²) in [5.41, 5.74) is 1.19. The maximum absolute atomic E-state index is 12.6. The van der Waals surface area contributed by atoms with Gasteiger partial charge in [0.05, 0.1) is 16.3 Å². The summed E-state index contributed by atoms with van der Waals surface area (Å²) in [5, 5.41) is 46.9. The molecule has 0 aliphatic rings. The molecule has 7 rings (SSSR count). The lowest BCUT2D eigenvalue weighted by Crippen LogP contribution is -2.10. The number of nitrogens with zero attached hydrogens (tertiary/aromatic N) is 7. The number of thiophene rings is 1. The molecule has 0 fully saturated rings. The van der Waals surface area contributed by atoms with E-state index in [9.17, 15) is 54.2 Å². The van der Waals surface area contributed by atoms with Gasteiger partial charge in [0.2, 0.25) is 5.91 Å². The second kappa shape index (κ2) is 20.4. The van der Waals surface area contributed by atoms with Gasteiger partial charge >= 0.3 is 0 Å². The van der Waals surface area contributed by atoms with Crippen LogP contribution in [0.4, 0.5) is 50.1 Å². The van der Waals surface area contributed by atoms with Crippen molar-refractivity contribution in [3.63, 3.8) is 0 Å². The third-order valence-electron chi connectivity index (χ3n) is 9.98. The number of rotatable bonds is 15. The van der Waals surface area contributed by atoms with Crippen molar-refractivity contribution in [2.24, 2.45) is 20.5 Å². The molecule has 0 aliphatic carbocycles. The Kier molecular flexibility index (Phi) is 14.8. The van der Waals surface area contributed by atoms with E-state index in [1.807, 2.05) is 6.92 Å². The summed E-state index contributed by atoms with van der Waals surface area (Å²) in [4.78, 5) is 14.9. The molecule has 0 radical (unpaired) electrons. The molecule has 2 aromatic heterocycles. The lowest BCUT2D eigenvalue weighted by atomic mass is 10.0. The van der Waals surface area contributed by atoms with Gasteiger partial charge in [-0.2, -0.15) is 35.8 Å². The van der Waals surface area contributed by atoms with Crippen LogP contribution in [0.5, 0.6) is 0 Å². The van der Waals surface area contributed by atoms with E-state index >= 15 is 0 Å². The first kappa shape index (κ1) is 50.6. The number of hydrogen-bond donors (Lipinski definition) is 6. The predicted octanol–water partition coefficient (Wildman–Crippen LogP) is 12.1. The van der Waals surface area contributed by atoms with Crippen molar-refractivity contribution in [2.75, 3.05) is 16.0 Å². The number of carbonyl (C=O) groups is 1. The SMILES string of the molecule is CCCC(=O)Nc1ccc(-c2c(N=Nc3cc(S(=O)(=O)O)c4cccc(S(=O)(=O)O)c4c3)sc(N=Nc3c(Nc4ccc(Cl)cc4)nc(Nc4ccc(Cl)c(S(=O)(=O)O)c4)c(C#N)c3C)c2C#N)cc1. The van der Waals surface area contributed by atoms with Crippen LogP contribution < -0.4 is 16.0 Å². The average Bonchev–Trinajstić information content (AvgIpc) is 3.65. The molecule has 0 saturated carbocycles. The molecule has 0 atom stereocenters. The van der Waals surface area contributed by atoms with Gasteiger partial charge in [-0.3, -0.25) is 18.5 Å². The summed E-state index contributed by atoms with van der Waals surface area (Å²) >= 11 is 13.0. The van der Waals surface area contributed by atoms with E-state index in [0.29, 0.717) is 28.4 Å². The Morgan fingerprint density at radius 1 is 0.686 bits per heavy atom. The number of azo groups is 2. The van der Waals surface area contributed by atoms with Crippen molar-refractivity contribution in [1.29, 1.82) is 10.5 Å². The van der Waals surface area contributed by atoms with Crippen LogP contribution in [-0.2, 0) is 35.1 Å². The molecule has 2 heterocycles. The third kappa shape index (κ3) is 11.3. The van der Waals surface area contributed by atoms with Gasteiger partial charge < -0.3 is 16.0 Å². The Labute approximate surface area is 413 Å². The number of benzene rings is 5. The van der Waals surface area contributed by atoms with Crippen LogP contribution in [0, 0.1) is 29.6 Å². The zero-order chi connectivity index (χ0) is 50.7. The summed E-state index contributed by atoms with van der Waals surface area (Å²) in [6, 6.07) is 26.1. The zero-order valence-electron chi connectivity index (χ0n) is 35.9. The number of pyridine rings is 1. The number of amides is 1. The van der Waals surface area contributed by atoms with E-state index in [1.165, 1.54) is 31.2 Å². The van der Waals surface area contributed by atoms with Crippen molar-refractivity contribution < 1.29 is 43.7 Å². The van der Waals surface area contributed by atoms with Crippen LogP contribution in [0.2, 0.25) is 10.0 Å². The summed E-state index contributed by atoms with van der Waals surface area (Å²) in [6.45, 7) is 3.38. The summed E-state index contributed by atoms with van der Waals surface area (Å²) in [5.74, 6) is -0.311. The minimum Gasteiger partial charge on any atom is -0.339 e. The molecule has 356 valence electrons. The quantitative estimate of drug-likeness (QED) is 0.0410. The van der Waals surface area contributed by atoms with Crippen LogP contribution >= 0.6 is 34.5 Å². The molecule has 1 amide bonds. The van der Waals surface area contributed by atoms with Gasteiger partial charge in [-0.15, -0.1) is 20.5 Å². The molecular formula is C44H32Cl2N10O10S4. The highest BCUT2D eigenvalue weighted by Crippen LogP contribution is 2.49. The highest BCUT2D eigenvalue weighted by atomic mass is 35.5. The Morgan fingerprint density at radius 2 is 1.30 bits per heavy atom. The molecule has 0 spiro atoms. The van der Waals surface area contributed by atoms with Gasteiger partial charge in [-0.05, 0) is 91.7 Å². The normalized spacial score (nSPS) is 12.0. The molecule has 6 N–H and O–H groups in total. The summed E-state index contributed by atoms with van der Waals surface area (Å²) in [6.07, 6.45) is 0.873. The van der Waals surface area contributed by atoms with Crippen molar-refractivity contribution in [1.82, 2.24) is 4.98 Å². The fraction of sp³-hybridized carbons (Fsp3) is 0.0909. The van der Waals surface area contributed by atoms with E-state index < -0.39 is 45.0 Å². The Balaban J connectivity index is 1.40. The van der Waals surface area contributed by atoms with Gasteiger partial charge in [0, 0.05) is 50.4 Å². The van der Waals surface area contributed by atoms with Crippen molar-refractivity contribution >= 4 is 132 Å². The molecule has 70 heavy (non-hydrogen) atoms. The maximum Gasteiger partial charge on any atom is 0.296 e. The molecular weight excluding hydrogens is 1030 g/mol. The second-order valence-electron chi connectivity index (χ2n) is 14.7. The minimum atomic E-state index is -5.02. The molecule has 20 nitrogen and oxygen atoms in total. The Bertz CT molecular complexity index is 3770. The minimum absolute atomic E-state index is 0.000142. The number of halogens is 2. The predicted molar refractivity (Wildman–Crippen MR) is 263 cm³/mol. The van der Waals surface area contributed by atoms with E-state index in [1.54, 1.807) is 48.5 Å². The van der Waals surface area contributed by atoms with Crippen LogP contribution in [0.25, 0.3) is 21.9 Å². The fourth-order valence-electron chi connectivity index (χ4n) is 6.81. The van der Waals surface area contributed by atoms with Crippen molar-refractivity contribution in [3.05, 3.63) is 124 Å². The molecule has 0 aliphatic heterocycles. The average molecular weight is 1060 g/mol. The molecule has 26 heteroatoms. The largest absolute Gasteiger partial charge is 0.339 e. The zero-order valence-corrected chi connectivity index (χ0v) is 40.6. The van der Waals surface area contributed by atoms with Gasteiger partial charge in [0.15, 0.2) is 16.6 Å². The smallest absolute Gasteiger partial charge is 0.296 e. The van der Waals surface area contributed by atoms with Crippen LogP contribution in [0.1, 0.15) is 36.5 Å². The maximum atomic E-state index is 12.6. The lowest BCUT2D eigenvalue weighted by Gasteiger charge is -2.16. The number of hydrogen-bond acceptors (Lipinski definition) is 17. The summed E-state index contributed by atoms with van der Waals surface area (Å²) in [7, 11) is -14.7. The van der Waals surface area contributed by atoms with E-state index in [-0.39, 0.29) is 89.1 Å². The van der Waals surface area contributed by atoms with Gasteiger partial charge in [-0.1, -0.05) is 65.7 Å². The molecule has 0 saturated heterocycles. The Hall–Kier alpha value is -7.23. The molecule has 5 aromatic carbocycles.